The first-order chi connectivity index (χ1) is 18.1. The van der Waals surface area contributed by atoms with Crippen LogP contribution < -0.4 is 0 Å². The van der Waals surface area contributed by atoms with Crippen LogP contribution in [0.3, 0.4) is 0 Å². The average Bonchev–Trinajstić information content (AvgIpc) is 3.46. The zero-order valence-electron chi connectivity index (χ0n) is 21.0. The molecule has 9 heteroatoms. The predicted molar refractivity (Wildman–Crippen MR) is 155 cm³/mol. The molecule has 5 rings (SSSR count). The molecule has 0 aliphatic carbocycles. The number of nitrogens with one attached hydrogen (secondary N) is 2. The van der Waals surface area contributed by atoms with Crippen LogP contribution in [0.2, 0.25) is 5.02 Å². The van der Waals surface area contributed by atoms with Gasteiger partial charge in [-0.2, -0.15) is 5.10 Å². The second kappa shape index (κ2) is 9.96. The number of aryl methyl sites for hydroxylation is 2. The fraction of sp³-hybridized carbons (Fsp3) is 0.138. The standard InChI is InChI=1S/C29H24ClN5O2S/c1-15-10-24-28(27(21(15)13-26(36)37)17-4-7-20(30)8-5-17)38-29(34-24)22(16(2)31)12-23(32)18-6-9-25-19(11-18)14-33-35(25)3/h4-12,14,31-32H,13H2,1-3H3,(H,36,37)/b22-12+,31-16?,32-23?. The topological polar surface area (TPSA) is 116 Å². The highest BCUT2D eigenvalue weighted by molar-refractivity contribution is 7.20. The van der Waals surface area contributed by atoms with E-state index in [1.54, 1.807) is 36.0 Å². The number of benzene rings is 3. The molecule has 0 bridgehead atoms. The largest absolute Gasteiger partial charge is 0.481 e. The summed E-state index contributed by atoms with van der Waals surface area (Å²) in [6.45, 7) is 3.57. The quantitative estimate of drug-likeness (QED) is 0.194. The number of fused-ring (bicyclic) bond motifs is 2. The molecule has 3 N–H and O–H groups in total. The Labute approximate surface area is 228 Å². The number of carboxylic acid groups (broad SMARTS) is 1. The van der Waals surface area contributed by atoms with Crippen molar-refractivity contribution >= 4 is 67.0 Å². The molecule has 0 aliphatic rings. The van der Waals surface area contributed by atoms with E-state index in [1.807, 2.05) is 50.4 Å². The third-order valence-corrected chi connectivity index (χ3v) is 7.83. The van der Waals surface area contributed by atoms with E-state index in [0.29, 0.717) is 21.2 Å². The van der Waals surface area contributed by atoms with Crippen LogP contribution in [-0.2, 0) is 18.3 Å². The Hall–Kier alpha value is -4.14. The predicted octanol–water partition coefficient (Wildman–Crippen LogP) is 6.93. The van der Waals surface area contributed by atoms with E-state index in [1.165, 1.54) is 11.3 Å². The first kappa shape index (κ1) is 25.5. The molecule has 2 aromatic heterocycles. The monoisotopic (exact) mass is 541 g/mol. The Balaban J connectivity index is 1.66. The first-order valence-electron chi connectivity index (χ1n) is 11.8. The van der Waals surface area contributed by atoms with Gasteiger partial charge in [-0.1, -0.05) is 29.8 Å². The number of hydrogen-bond donors (Lipinski definition) is 3. The van der Waals surface area contributed by atoms with Gasteiger partial charge in [0.15, 0.2) is 0 Å². The molecule has 5 aromatic rings. The lowest BCUT2D eigenvalue weighted by molar-refractivity contribution is -0.136. The van der Waals surface area contributed by atoms with Crippen LogP contribution in [0.4, 0.5) is 0 Å². The number of thiazole rings is 1. The SMILES string of the molecule is CC(=N)/C(=C\C(=N)c1ccc2c(cnn2C)c1)c1nc2cc(C)c(CC(=O)O)c(-c3ccc(Cl)cc3)c2s1. The molecule has 0 aliphatic heterocycles. The van der Waals surface area contributed by atoms with Crippen molar-refractivity contribution < 1.29 is 9.90 Å². The molecule has 0 saturated heterocycles. The molecule has 38 heavy (non-hydrogen) atoms. The van der Waals surface area contributed by atoms with Crippen LogP contribution in [0.5, 0.6) is 0 Å². The molecular weight excluding hydrogens is 518 g/mol. The second-order valence-electron chi connectivity index (χ2n) is 9.13. The molecule has 0 amide bonds. The van der Waals surface area contributed by atoms with Gasteiger partial charge in [0.1, 0.15) is 5.01 Å². The molecule has 7 nitrogen and oxygen atoms in total. The van der Waals surface area contributed by atoms with Crippen LogP contribution in [-0.4, -0.2) is 37.3 Å². The molecule has 0 saturated carbocycles. The van der Waals surface area contributed by atoms with Gasteiger partial charge in [0, 0.05) is 39.9 Å². The Morgan fingerprint density at radius 3 is 2.58 bits per heavy atom. The number of aliphatic carboxylic acids is 1. The van der Waals surface area contributed by atoms with E-state index in [9.17, 15) is 9.90 Å². The summed E-state index contributed by atoms with van der Waals surface area (Å²) >= 11 is 7.52. The lowest BCUT2D eigenvalue weighted by Gasteiger charge is -2.13. The number of rotatable bonds is 7. The van der Waals surface area contributed by atoms with Gasteiger partial charge in [-0.25, -0.2) is 4.98 Å². The summed E-state index contributed by atoms with van der Waals surface area (Å²) < 4.78 is 2.62. The number of nitrogens with zero attached hydrogens (tertiary/aromatic N) is 3. The first-order valence-corrected chi connectivity index (χ1v) is 13.0. The van der Waals surface area contributed by atoms with Crippen molar-refractivity contribution in [3.8, 4) is 11.1 Å². The fourth-order valence-electron chi connectivity index (χ4n) is 4.54. The van der Waals surface area contributed by atoms with Gasteiger partial charge in [-0.15, -0.1) is 11.3 Å². The second-order valence-corrected chi connectivity index (χ2v) is 10.6. The third kappa shape index (κ3) is 4.76. The Morgan fingerprint density at radius 2 is 1.89 bits per heavy atom. The van der Waals surface area contributed by atoms with Crippen LogP contribution in [0.15, 0.2) is 60.8 Å². The van der Waals surface area contributed by atoms with Gasteiger partial charge in [0.2, 0.25) is 0 Å². The summed E-state index contributed by atoms with van der Waals surface area (Å²) in [6.07, 6.45) is 3.31. The van der Waals surface area contributed by atoms with E-state index >= 15 is 0 Å². The van der Waals surface area contributed by atoms with Gasteiger partial charge < -0.3 is 15.9 Å². The third-order valence-electron chi connectivity index (χ3n) is 6.45. The van der Waals surface area contributed by atoms with Crippen molar-refractivity contribution in [3.05, 3.63) is 87.5 Å². The van der Waals surface area contributed by atoms with Crippen molar-refractivity contribution in [2.75, 3.05) is 0 Å². The molecule has 3 aromatic carbocycles. The maximum absolute atomic E-state index is 11.7. The van der Waals surface area contributed by atoms with Crippen LogP contribution in [0.25, 0.3) is 37.8 Å². The fourth-order valence-corrected chi connectivity index (χ4v) is 5.88. The lowest BCUT2D eigenvalue weighted by atomic mass is 9.93. The lowest BCUT2D eigenvalue weighted by Crippen LogP contribution is -2.04. The van der Waals surface area contributed by atoms with Gasteiger partial charge in [-0.3, -0.25) is 9.48 Å². The van der Waals surface area contributed by atoms with Crippen molar-refractivity contribution in [3.63, 3.8) is 0 Å². The minimum Gasteiger partial charge on any atom is -0.481 e. The zero-order chi connectivity index (χ0) is 27.1. The van der Waals surface area contributed by atoms with Crippen LogP contribution >= 0.6 is 22.9 Å². The Kier molecular flexibility index (Phi) is 6.69. The molecule has 2 heterocycles. The van der Waals surface area contributed by atoms with E-state index in [0.717, 1.165) is 43.4 Å². The van der Waals surface area contributed by atoms with E-state index < -0.39 is 5.97 Å². The summed E-state index contributed by atoms with van der Waals surface area (Å²) in [5, 5.41) is 33.2. The van der Waals surface area contributed by atoms with Gasteiger partial charge >= 0.3 is 5.97 Å². The van der Waals surface area contributed by atoms with Crippen molar-refractivity contribution in [2.45, 2.75) is 20.3 Å². The molecule has 0 unspecified atom stereocenters. The number of halogens is 1. The number of aromatic nitrogens is 3. The van der Waals surface area contributed by atoms with Gasteiger partial charge in [0.25, 0.3) is 0 Å². The van der Waals surface area contributed by atoms with E-state index in [-0.39, 0.29) is 17.8 Å². The van der Waals surface area contributed by atoms with Crippen LogP contribution in [0.1, 0.15) is 28.6 Å². The molecule has 0 radical (unpaired) electrons. The summed E-state index contributed by atoms with van der Waals surface area (Å²) in [7, 11) is 1.87. The summed E-state index contributed by atoms with van der Waals surface area (Å²) in [6, 6.07) is 14.9. The number of carbonyl (C=O) groups is 1. The maximum atomic E-state index is 11.7. The van der Waals surface area contributed by atoms with Gasteiger partial charge in [-0.05, 0) is 66.9 Å². The van der Waals surface area contributed by atoms with Gasteiger partial charge in [0.05, 0.1) is 34.1 Å². The van der Waals surface area contributed by atoms with Crippen molar-refractivity contribution in [2.24, 2.45) is 7.05 Å². The summed E-state index contributed by atoms with van der Waals surface area (Å²) in [5.41, 5.74) is 6.71. The minimum absolute atomic E-state index is 0.124. The number of carboxylic acids is 1. The summed E-state index contributed by atoms with van der Waals surface area (Å²) in [5.74, 6) is -0.914. The summed E-state index contributed by atoms with van der Waals surface area (Å²) in [4.78, 5) is 16.6. The highest BCUT2D eigenvalue weighted by Gasteiger charge is 2.21. The smallest absolute Gasteiger partial charge is 0.307 e. The number of hydrogen-bond acceptors (Lipinski definition) is 6. The Morgan fingerprint density at radius 1 is 1.16 bits per heavy atom. The van der Waals surface area contributed by atoms with E-state index in [2.05, 4.69) is 5.10 Å². The highest BCUT2D eigenvalue weighted by Crippen LogP contribution is 2.40. The highest BCUT2D eigenvalue weighted by atomic mass is 35.5. The van der Waals surface area contributed by atoms with E-state index in [4.69, 9.17) is 27.4 Å². The molecule has 0 fully saturated rings. The molecular formula is C29H24ClN5O2S. The Bertz CT molecular complexity index is 1800. The van der Waals surface area contributed by atoms with Crippen molar-refractivity contribution in [1.29, 1.82) is 10.8 Å². The maximum Gasteiger partial charge on any atom is 0.307 e. The normalized spacial score (nSPS) is 11.8. The molecule has 190 valence electrons. The molecule has 0 atom stereocenters. The molecule has 0 spiro atoms. The van der Waals surface area contributed by atoms with Crippen molar-refractivity contribution in [1.82, 2.24) is 14.8 Å². The zero-order valence-corrected chi connectivity index (χ0v) is 22.5. The van der Waals surface area contributed by atoms with Crippen LogP contribution in [0, 0.1) is 17.7 Å². The number of allylic oxidation sites excluding steroid dienone is 2. The minimum atomic E-state index is -0.914. The average molecular weight is 542 g/mol.